The van der Waals surface area contributed by atoms with Crippen LogP contribution < -0.4 is 4.72 Å². The van der Waals surface area contributed by atoms with Crippen LogP contribution in [-0.2, 0) is 14.8 Å². The monoisotopic (exact) mass is 445 g/mol. The molecule has 1 saturated heterocycles. The molecule has 0 spiro atoms. The van der Waals surface area contributed by atoms with E-state index in [2.05, 4.69) is 4.72 Å². The van der Waals surface area contributed by atoms with E-state index in [-0.39, 0.29) is 16.9 Å². The van der Waals surface area contributed by atoms with Gasteiger partial charge in [-0.15, -0.1) is 0 Å². The molecule has 0 aromatic heterocycles. The maximum Gasteiger partial charge on any atom is 0.409 e. The van der Waals surface area contributed by atoms with Crippen LogP contribution in [0.25, 0.3) is 0 Å². The van der Waals surface area contributed by atoms with Gasteiger partial charge in [-0.3, -0.25) is 9.52 Å². The summed E-state index contributed by atoms with van der Waals surface area (Å²) in [7, 11) is -3.86. The maximum atomic E-state index is 13.0. The van der Waals surface area contributed by atoms with Crippen molar-refractivity contribution in [3.05, 3.63) is 59.2 Å². The molecule has 0 radical (unpaired) electrons. The SMILES string of the molecule is CCOC(=O)N1CCN(C(=O)c2ccc(C)c(S(=O)(=O)Nc3cccc(C)c3)c2)CC1. The highest BCUT2D eigenvalue weighted by Crippen LogP contribution is 2.22. The molecule has 3 rings (SSSR count). The summed E-state index contributed by atoms with van der Waals surface area (Å²) in [6.07, 6.45) is -0.388. The second-order valence-corrected chi connectivity index (χ2v) is 9.08. The van der Waals surface area contributed by atoms with Gasteiger partial charge in [0, 0.05) is 37.4 Å². The Morgan fingerprint density at radius 2 is 1.68 bits per heavy atom. The van der Waals surface area contributed by atoms with Gasteiger partial charge in [0.25, 0.3) is 15.9 Å². The highest BCUT2D eigenvalue weighted by Gasteiger charge is 2.27. The van der Waals surface area contributed by atoms with Crippen LogP contribution >= 0.6 is 0 Å². The first-order valence-electron chi connectivity index (χ1n) is 10.1. The molecule has 1 heterocycles. The fourth-order valence-corrected chi connectivity index (χ4v) is 4.75. The summed E-state index contributed by atoms with van der Waals surface area (Å²) in [4.78, 5) is 28.0. The molecule has 2 aromatic rings. The quantitative estimate of drug-likeness (QED) is 0.763. The Balaban J connectivity index is 1.76. The molecular weight excluding hydrogens is 418 g/mol. The molecule has 2 aromatic carbocycles. The maximum absolute atomic E-state index is 13.0. The van der Waals surface area contributed by atoms with Crippen LogP contribution in [0, 0.1) is 13.8 Å². The molecule has 0 unspecified atom stereocenters. The predicted molar refractivity (Wildman–Crippen MR) is 118 cm³/mol. The first kappa shape index (κ1) is 22.6. The topological polar surface area (TPSA) is 96.0 Å². The molecule has 0 saturated carbocycles. The van der Waals surface area contributed by atoms with Crippen molar-refractivity contribution in [1.82, 2.24) is 9.80 Å². The lowest BCUT2D eigenvalue weighted by atomic mass is 10.1. The van der Waals surface area contributed by atoms with E-state index < -0.39 is 10.0 Å². The average Bonchev–Trinajstić information content (AvgIpc) is 2.73. The van der Waals surface area contributed by atoms with Gasteiger partial charge in [0.2, 0.25) is 0 Å². The Hall–Kier alpha value is -3.07. The second-order valence-electron chi connectivity index (χ2n) is 7.43. The van der Waals surface area contributed by atoms with Crippen molar-refractivity contribution in [2.75, 3.05) is 37.5 Å². The number of hydrogen-bond donors (Lipinski definition) is 1. The summed E-state index contributed by atoms with van der Waals surface area (Å²) in [5, 5.41) is 0. The third-order valence-corrected chi connectivity index (χ3v) is 6.61. The van der Waals surface area contributed by atoms with E-state index in [1.165, 1.54) is 6.07 Å². The van der Waals surface area contributed by atoms with Gasteiger partial charge in [0.05, 0.1) is 11.5 Å². The van der Waals surface area contributed by atoms with E-state index in [4.69, 9.17) is 4.74 Å². The van der Waals surface area contributed by atoms with E-state index in [9.17, 15) is 18.0 Å². The van der Waals surface area contributed by atoms with E-state index in [1.807, 2.05) is 13.0 Å². The zero-order valence-corrected chi connectivity index (χ0v) is 18.7. The molecule has 0 aliphatic carbocycles. The van der Waals surface area contributed by atoms with Gasteiger partial charge < -0.3 is 14.5 Å². The molecule has 2 amide bonds. The summed E-state index contributed by atoms with van der Waals surface area (Å²) in [6, 6.07) is 11.7. The van der Waals surface area contributed by atoms with Crippen LogP contribution in [-0.4, -0.2) is 63.0 Å². The number of piperazine rings is 1. The van der Waals surface area contributed by atoms with Crippen LogP contribution in [0.1, 0.15) is 28.4 Å². The van der Waals surface area contributed by atoms with Gasteiger partial charge in [-0.05, 0) is 56.2 Å². The normalized spacial score (nSPS) is 14.3. The number of benzene rings is 2. The third-order valence-electron chi connectivity index (χ3n) is 5.09. The Morgan fingerprint density at radius 3 is 2.32 bits per heavy atom. The number of ether oxygens (including phenoxy) is 1. The minimum absolute atomic E-state index is 0.0602. The minimum Gasteiger partial charge on any atom is -0.450 e. The summed E-state index contributed by atoms with van der Waals surface area (Å²) in [5.74, 6) is -0.268. The predicted octanol–water partition coefficient (Wildman–Crippen LogP) is 3.02. The number of carbonyl (C=O) groups excluding carboxylic acids is 2. The molecule has 166 valence electrons. The standard InChI is InChI=1S/C22H27N3O5S/c1-4-30-22(27)25-12-10-24(11-13-25)21(26)18-9-8-17(3)20(15-18)31(28,29)23-19-7-5-6-16(2)14-19/h5-9,14-15,23H,4,10-13H2,1-3H3. The van der Waals surface area contributed by atoms with Gasteiger partial charge in [-0.1, -0.05) is 18.2 Å². The summed E-state index contributed by atoms with van der Waals surface area (Å²) >= 11 is 0. The lowest BCUT2D eigenvalue weighted by Gasteiger charge is -2.34. The van der Waals surface area contributed by atoms with Crippen molar-refractivity contribution in [1.29, 1.82) is 0 Å². The van der Waals surface area contributed by atoms with Crippen LogP contribution in [0.3, 0.4) is 0 Å². The smallest absolute Gasteiger partial charge is 0.409 e. The molecule has 8 nitrogen and oxygen atoms in total. The van der Waals surface area contributed by atoms with Gasteiger partial charge >= 0.3 is 6.09 Å². The number of sulfonamides is 1. The highest BCUT2D eigenvalue weighted by atomic mass is 32.2. The second kappa shape index (κ2) is 9.38. The van der Waals surface area contributed by atoms with Crippen molar-refractivity contribution < 1.29 is 22.7 Å². The number of nitrogens with zero attached hydrogens (tertiary/aromatic N) is 2. The van der Waals surface area contributed by atoms with Crippen molar-refractivity contribution in [2.24, 2.45) is 0 Å². The Kier molecular flexibility index (Phi) is 6.84. The number of carbonyl (C=O) groups is 2. The molecule has 1 N–H and O–H groups in total. The summed E-state index contributed by atoms with van der Waals surface area (Å²) in [5.41, 5.74) is 2.23. The molecular formula is C22H27N3O5S. The number of hydrogen-bond acceptors (Lipinski definition) is 5. The van der Waals surface area contributed by atoms with Gasteiger partial charge in [-0.25, -0.2) is 13.2 Å². The van der Waals surface area contributed by atoms with Crippen LogP contribution in [0.15, 0.2) is 47.4 Å². The summed E-state index contributed by atoms with van der Waals surface area (Å²) in [6.45, 7) is 7.07. The van der Waals surface area contributed by atoms with E-state index >= 15 is 0 Å². The zero-order chi connectivity index (χ0) is 22.6. The van der Waals surface area contributed by atoms with E-state index in [0.717, 1.165) is 5.56 Å². The highest BCUT2D eigenvalue weighted by molar-refractivity contribution is 7.92. The van der Waals surface area contributed by atoms with Crippen LogP contribution in [0.5, 0.6) is 0 Å². The number of anilines is 1. The van der Waals surface area contributed by atoms with E-state index in [1.54, 1.807) is 54.0 Å². The molecule has 1 aliphatic heterocycles. The molecule has 1 aliphatic rings. The average molecular weight is 446 g/mol. The van der Waals surface area contributed by atoms with Crippen LogP contribution in [0.4, 0.5) is 10.5 Å². The van der Waals surface area contributed by atoms with Crippen molar-refractivity contribution in [3.8, 4) is 0 Å². The zero-order valence-electron chi connectivity index (χ0n) is 17.9. The minimum atomic E-state index is -3.86. The number of nitrogens with one attached hydrogen (secondary N) is 1. The third kappa shape index (κ3) is 5.35. The molecule has 0 bridgehead atoms. The fourth-order valence-electron chi connectivity index (χ4n) is 3.43. The number of rotatable bonds is 5. The summed E-state index contributed by atoms with van der Waals surface area (Å²) < 4.78 is 33.5. The van der Waals surface area contributed by atoms with Crippen LogP contribution in [0.2, 0.25) is 0 Å². The first-order valence-corrected chi connectivity index (χ1v) is 11.6. The number of amides is 2. The van der Waals surface area contributed by atoms with Crippen molar-refractivity contribution in [2.45, 2.75) is 25.7 Å². The lowest BCUT2D eigenvalue weighted by molar-refractivity contribution is 0.0570. The molecule has 1 fully saturated rings. The first-order chi connectivity index (χ1) is 14.7. The van der Waals surface area contributed by atoms with Gasteiger partial charge in [-0.2, -0.15) is 0 Å². The molecule has 31 heavy (non-hydrogen) atoms. The molecule has 0 atom stereocenters. The fraction of sp³-hybridized carbons (Fsp3) is 0.364. The van der Waals surface area contributed by atoms with Crippen molar-refractivity contribution >= 4 is 27.7 Å². The lowest BCUT2D eigenvalue weighted by Crippen LogP contribution is -2.50. The van der Waals surface area contributed by atoms with Gasteiger partial charge in [0.15, 0.2) is 0 Å². The van der Waals surface area contributed by atoms with Gasteiger partial charge in [0.1, 0.15) is 0 Å². The van der Waals surface area contributed by atoms with Crippen molar-refractivity contribution in [3.63, 3.8) is 0 Å². The Morgan fingerprint density at radius 1 is 1.00 bits per heavy atom. The molecule has 9 heteroatoms. The number of aryl methyl sites for hydroxylation is 2. The Labute approximate surface area is 182 Å². The Bertz CT molecular complexity index is 1080. The van der Waals surface area contributed by atoms with E-state index in [0.29, 0.717) is 49.6 Å². The largest absolute Gasteiger partial charge is 0.450 e.